The van der Waals surface area contributed by atoms with Crippen LogP contribution in [0.5, 0.6) is 0 Å². The van der Waals surface area contributed by atoms with Crippen molar-refractivity contribution < 1.29 is 9.59 Å². The number of hydrogen-bond donors (Lipinski definition) is 0. The second-order valence-electron chi connectivity index (χ2n) is 6.89. The van der Waals surface area contributed by atoms with E-state index in [9.17, 15) is 9.59 Å². The standard InChI is InChI=1S/C20H20ClN7O2/c21-16-3-1-15(2-4-16)17(29)5-8-20(30)27-11-9-26(10-12-27)18-6-7-19(25-24-18)28-14-22-13-23-28/h1-4,6-7,13-14H,5,8-12H2. The molecule has 0 radical (unpaired) electrons. The van der Waals surface area contributed by atoms with E-state index < -0.39 is 0 Å². The topological polar surface area (TPSA) is 97.1 Å². The molecule has 3 heterocycles. The molecule has 1 amide bonds. The summed E-state index contributed by atoms with van der Waals surface area (Å²) >= 11 is 5.84. The van der Waals surface area contributed by atoms with E-state index in [4.69, 9.17) is 11.6 Å². The van der Waals surface area contributed by atoms with Crippen LogP contribution < -0.4 is 4.90 Å². The molecule has 10 heteroatoms. The van der Waals surface area contributed by atoms with Gasteiger partial charge < -0.3 is 9.80 Å². The minimum Gasteiger partial charge on any atom is -0.352 e. The molecule has 0 N–H and O–H groups in total. The van der Waals surface area contributed by atoms with Crippen molar-refractivity contribution in [3.63, 3.8) is 0 Å². The number of benzene rings is 1. The maximum absolute atomic E-state index is 12.5. The molecule has 1 fully saturated rings. The lowest BCUT2D eigenvalue weighted by Gasteiger charge is -2.35. The van der Waals surface area contributed by atoms with Crippen molar-refractivity contribution in [1.29, 1.82) is 0 Å². The van der Waals surface area contributed by atoms with E-state index in [1.54, 1.807) is 40.2 Å². The lowest BCUT2D eigenvalue weighted by molar-refractivity contribution is -0.131. The molecule has 0 spiro atoms. The molecule has 0 aliphatic carbocycles. The molecular weight excluding hydrogens is 406 g/mol. The summed E-state index contributed by atoms with van der Waals surface area (Å²) in [4.78, 5) is 32.5. The van der Waals surface area contributed by atoms with Gasteiger partial charge in [0.15, 0.2) is 17.4 Å². The maximum Gasteiger partial charge on any atom is 0.223 e. The zero-order valence-electron chi connectivity index (χ0n) is 16.2. The Kier molecular flexibility index (Phi) is 5.99. The van der Waals surface area contributed by atoms with Crippen LogP contribution in [0.25, 0.3) is 5.82 Å². The molecule has 1 saturated heterocycles. The van der Waals surface area contributed by atoms with Crippen molar-refractivity contribution in [2.75, 3.05) is 31.1 Å². The average Bonchev–Trinajstić information content (AvgIpc) is 3.33. The second-order valence-corrected chi connectivity index (χ2v) is 7.32. The first kappa shape index (κ1) is 20.0. The highest BCUT2D eigenvalue weighted by Crippen LogP contribution is 2.16. The lowest BCUT2D eigenvalue weighted by Crippen LogP contribution is -2.49. The predicted molar refractivity (Wildman–Crippen MR) is 111 cm³/mol. The number of Topliss-reactive ketones (excluding diaryl/α,β-unsaturated/α-hetero) is 1. The number of nitrogens with zero attached hydrogens (tertiary/aromatic N) is 7. The van der Waals surface area contributed by atoms with Gasteiger partial charge in [0.05, 0.1) is 0 Å². The monoisotopic (exact) mass is 425 g/mol. The van der Waals surface area contributed by atoms with E-state index in [2.05, 4.69) is 25.2 Å². The van der Waals surface area contributed by atoms with Gasteiger partial charge in [-0.3, -0.25) is 9.59 Å². The minimum absolute atomic E-state index is 0.00965. The Hall–Kier alpha value is -3.33. The Morgan fingerprint density at radius 3 is 2.23 bits per heavy atom. The number of aromatic nitrogens is 5. The van der Waals surface area contributed by atoms with Gasteiger partial charge in [0.25, 0.3) is 0 Å². The van der Waals surface area contributed by atoms with Gasteiger partial charge in [0.2, 0.25) is 5.91 Å². The van der Waals surface area contributed by atoms with Crippen LogP contribution in [-0.2, 0) is 4.79 Å². The highest BCUT2D eigenvalue weighted by molar-refractivity contribution is 6.30. The number of rotatable bonds is 6. The number of ketones is 1. The van der Waals surface area contributed by atoms with Crippen molar-refractivity contribution in [2.24, 2.45) is 0 Å². The van der Waals surface area contributed by atoms with E-state index in [1.165, 1.54) is 6.33 Å². The molecule has 154 valence electrons. The number of hydrogen-bond acceptors (Lipinski definition) is 7. The highest BCUT2D eigenvalue weighted by Gasteiger charge is 2.22. The molecule has 9 nitrogen and oxygen atoms in total. The highest BCUT2D eigenvalue weighted by atomic mass is 35.5. The first-order chi connectivity index (χ1) is 14.6. The van der Waals surface area contributed by atoms with Crippen molar-refractivity contribution in [2.45, 2.75) is 12.8 Å². The van der Waals surface area contributed by atoms with Gasteiger partial charge in [-0.25, -0.2) is 9.67 Å². The summed E-state index contributed by atoms with van der Waals surface area (Å²) in [6.07, 6.45) is 3.39. The number of anilines is 1. The molecule has 0 unspecified atom stereocenters. The lowest BCUT2D eigenvalue weighted by atomic mass is 10.1. The van der Waals surface area contributed by atoms with Crippen LogP contribution in [0, 0.1) is 0 Å². The summed E-state index contributed by atoms with van der Waals surface area (Å²) in [7, 11) is 0. The summed E-state index contributed by atoms with van der Waals surface area (Å²) in [5, 5.41) is 13.0. The summed E-state index contributed by atoms with van der Waals surface area (Å²) < 4.78 is 1.54. The van der Waals surface area contributed by atoms with Crippen LogP contribution in [0.3, 0.4) is 0 Å². The Morgan fingerprint density at radius 2 is 1.60 bits per heavy atom. The molecule has 4 rings (SSSR count). The fourth-order valence-corrected chi connectivity index (χ4v) is 3.41. The number of amides is 1. The van der Waals surface area contributed by atoms with Crippen LogP contribution in [0.4, 0.5) is 5.82 Å². The fraction of sp³-hybridized carbons (Fsp3) is 0.300. The van der Waals surface area contributed by atoms with Crippen LogP contribution in [-0.4, -0.2) is 67.7 Å². The van der Waals surface area contributed by atoms with Gasteiger partial charge in [-0.15, -0.1) is 10.2 Å². The smallest absolute Gasteiger partial charge is 0.223 e. The Bertz CT molecular complexity index is 999. The third-order valence-corrected chi connectivity index (χ3v) is 5.23. The SMILES string of the molecule is O=C(CCC(=O)N1CCN(c2ccc(-n3cncn3)nn2)CC1)c1ccc(Cl)cc1. The molecule has 0 bridgehead atoms. The summed E-state index contributed by atoms with van der Waals surface area (Å²) in [5.41, 5.74) is 0.574. The molecule has 1 aliphatic heterocycles. The number of halogens is 1. The second kappa shape index (κ2) is 9.00. The Morgan fingerprint density at radius 1 is 0.900 bits per heavy atom. The molecule has 30 heavy (non-hydrogen) atoms. The van der Waals surface area contributed by atoms with Crippen molar-refractivity contribution in [3.05, 3.63) is 59.6 Å². The Balaban J connectivity index is 1.26. The van der Waals surface area contributed by atoms with E-state index in [-0.39, 0.29) is 24.5 Å². The normalized spacial score (nSPS) is 14.0. The van der Waals surface area contributed by atoms with Crippen LogP contribution in [0.1, 0.15) is 23.2 Å². The molecule has 3 aromatic rings. The first-order valence-electron chi connectivity index (χ1n) is 9.60. The maximum atomic E-state index is 12.5. The zero-order chi connectivity index (χ0) is 20.9. The predicted octanol–water partition coefficient (Wildman–Crippen LogP) is 2.02. The largest absolute Gasteiger partial charge is 0.352 e. The third-order valence-electron chi connectivity index (χ3n) is 4.98. The zero-order valence-corrected chi connectivity index (χ0v) is 16.9. The summed E-state index contributed by atoms with van der Waals surface area (Å²) in [5.74, 6) is 1.28. The van der Waals surface area contributed by atoms with Crippen molar-refractivity contribution in [1.82, 2.24) is 29.9 Å². The molecular formula is C20H20ClN7O2. The van der Waals surface area contributed by atoms with Gasteiger partial charge in [-0.05, 0) is 36.4 Å². The van der Waals surface area contributed by atoms with Gasteiger partial charge in [0, 0.05) is 49.6 Å². The summed E-state index contributed by atoms with van der Waals surface area (Å²) in [6.45, 7) is 2.49. The van der Waals surface area contributed by atoms with Gasteiger partial charge in [-0.1, -0.05) is 11.6 Å². The fourth-order valence-electron chi connectivity index (χ4n) is 3.28. The molecule has 2 aromatic heterocycles. The van der Waals surface area contributed by atoms with Crippen LogP contribution in [0.15, 0.2) is 49.1 Å². The minimum atomic E-state index is -0.0543. The van der Waals surface area contributed by atoms with Crippen LogP contribution >= 0.6 is 11.6 Å². The number of carbonyl (C=O) groups is 2. The van der Waals surface area contributed by atoms with Gasteiger partial charge in [0.1, 0.15) is 12.7 Å². The number of carbonyl (C=O) groups excluding carboxylic acids is 2. The van der Waals surface area contributed by atoms with Gasteiger partial charge in [-0.2, -0.15) is 5.10 Å². The third kappa shape index (κ3) is 4.62. The van der Waals surface area contributed by atoms with Crippen LogP contribution in [0.2, 0.25) is 5.02 Å². The molecule has 0 saturated carbocycles. The molecule has 1 aliphatic rings. The first-order valence-corrected chi connectivity index (χ1v) is 9.98. The van der Waals surface area contributed by atoms with E-state index >= 15 is 0 Å². The van der Waals surface area contributed by atoms with E-state index in [0.29, 0.717) is 42.6 Å². The number of piperazine rings is 1. The van der Waals surface area contributed by atoms with Gasteiger partial charge >= 0.3 is 0 Å². The van der Waals surface area contributed by atoms with E-state index in [0.717, 1.165) is 5.82 Å². The van der Waals surface area contributed by atoms with Crippen molar-refractivity contribution >= 4 is 29.1 Å². The summed E-state index contributed by atoms with van der Waals surface area (Å²) in [6, 6.07) is 10.4. The molecule has 0 atom stereocenters. The average molecular weight is 426 g/mol. The van der Waals surface area contributed by atoms with Crippen molar-refractivity contribution in [3.8, 4) is 5.82 Å². The Labute approximate surface area is 178 Å². The van der Waals surface area contributed by atoms with E-state index in [1.807, 2.05) is 12.1 Å². The quantitative estimate of drug-likeness (QED) is 0.557. The molecule has 1 aromatic carbocycles.